The van der Waals surface area contributed by atoms with Gasteiger partial charge in [0.2, 0.25) is 0 Å². The minimum absolute atomic E-state index is 0.0780. The van der Waals surface area contributed by atoms with E-state index < -0.39 is 4.92 Å². The lowest BCUT2D eigenvalue weighted by Gasteiger charge is -2.11. The third-order valence-electron chi connectivity index (χ3n) is 2.44. The van der Waals surface area contributed by atoms with Gasteiger partial charge in [-0.25, -0.2) is 0 Å². The van der Waals surface area contributed by atoms with Crippen LogP contribution in [0.15, 0.2) is 22.7 Å². The lowest BCUT2D eigenvalue weighted by atomic mass is 10.2. The Morgan fingerprint density at radius 3 is 2.82 bits per heavy atom. The molecule has 1 atom stereocenters. The normalized spacial score (nSPS) is 12.4. The molecule has 1 unspecified atom stereocenters. The van der Waals surface area contributed by atoms with Crippen molar-refractivity contribution < 1.29 is 9.66 Å². The number of nitro benzene ring substituents is 1. The maximum atomic E-state index is 10.7. The van der Waals surface area contributed by atoms with Crippen LogP contribution in [0.3, 0.4) is 0 Å². The Hall–Kier alpha value is -0.940. The third kappa shape index (κ3) is 4.44. The smallest absolute Gasteiger partial charge is 0.283 e. The van der Waals surface area contributed by atoms with Crippen molar-refractivity contribution in [3.8, 4) is 0 Å². The van der Waals surface area contributed by atoms with Crippen molar-refractivity contribution in [1.82, 2.24) is 0 Å². The second-order valence-electron chi connectivity index (χ2n) is 3.95. The summed E-state index contributed by atoms with van der Waals surface area (Å²) in [4.78, 5) is 10.3. The Bertz CT molecular complexity index is 395. The molecular formula is C12H16BrNO3. The van der Waals surface area contributed by atoms with Crippen LogP contribution in [-0.4, -0.2) is 11.0 Å². The summed E-state index contributed by atoms with van der Waals surface area (Å²) in [6, 6.07) is 5.06. The van der Waals surface area contributed by atoms with Crippen LogP contribution in [0.1, 0.15) is 32.3 Å². The molecule has 4 nitrogen and oxygen atoms in total. The van der Waals surface area contributed by atoms with Gasteiger partial charge in [-0.3, -0.25) is 10.1 Å². The number of benzene rings is 1. The summed E-state index contributed by atoms with van der Waals surface area (Å²) in [5.74, 6) is 0. The molecule has 0 saturated carbocycles. The Labute approximate surface area is 109 Å². The summed E-state index contributed by atoms with van der Waals surface area (Å²) in [7, 11) is 0. The Morgan fingerprint density at radius 1 is 1.53 bits per heavy atom. The Morgan fingerprint density at radius 2 is 2.24 bits per heavy atom. The summed E-state index contributed by atoms with van der Waals surface area (Å²) >= 11 is 3.15. The lowest BCUT2D eigenvalue weighted by molar-refractivity contribution is -0.385. The van der Waals surface area contributed by atoms with Crippen molar-refractivity contribution in [2.75, 3.05) is 0 Å². The Kier molecular flexibility index (Phi) is 5.58. The SMILES string of the molecule is CCCC(C)OCc1ccc(Br)c([N+](=O)[O-])c1. The predicted octanol–water partition coefficient (Wildman–Crippen LogP) is 4.06. The van der Waals surface area contributed by atoms with Crippen LogP contribution in [0.5, 0.6) is 0 Å². The molecular weight excluding hydrogens is 286 g/mol. The van der Waals surface area contributed by atoms with Crippen molar-refractivity contribution in [3.63, 3.8) is 0 Å². The van der Waals surface area contributed by atoms with Crippen LogP contribution in [0.25, 0.3) is 0 Å². The van der Waals surface area contributed by atoms with E-state index in [-0.39, 0.29) is 11.8 Å². The second-order valence-corrected chi connectivity index (χ2v) is 4.81. The fraction of sp³-hybridized carbons (Fsp3) is 0.500. The second kappa shape index (κ2) is 6.71. The molecule has 0 amide bonds. The highest BCUT2D eigenvalue weighted by Crippen LogP contribution is 2.26. The van der Waals surface area contributed by atoms with Gasteiger partial charge in [0, 0.05) is 6.07 Å². The van der Waals surface area contributed by atoms with Gasteiger partial charge in [-0.05, 0) is 40.9 Å². The van der Waals surface area contributed by atoms with E-state index in [0.717, 1.165) is 18.4 Å². The van der Waals surface area contributed by atoms with E-state index in [1.54, 1.807) is 12.1 Å². The fourth-order valence-electron chi connectivity index (χ4n) is 1.52. The maximum Gasteiger partial charge on any atom is 0.283 e. The Balaban J connectivity index is 2.66. The summed E-state index contributed by atoms with van der Waals surface area (Å²) in [5, 5.41) is 10.7. The summed E-state index contributed by atoms with van der Waals surface area (Å²) in [6.07, 6.45) is 2.25. The molecule has 5 heteroatoms. The van der Waals surface area contributed by atoms with Gasteiger partial charge in [-0.2, -0.15) is 0 Å². The monoisotopic (exact) mass is 301 g/mol. The van der Waals surface area contributed by atoms with Crippen LogP contribution in [0, 0.1) is 10.1 Å². The lowest BCUT2D eigenvalue weighted by Crippen LogP contribution is -2.07. The standard InChI is InChI=1S/C12H16BrNO3/c1-3-4-9(2)17-8-10-5-6-11(13)12(7-10)14(15)16/h5-7,9H,3-4,8H2,1-2H3. The van der Waals surface area contributed by atoms with Crippen molar-refractivity contribution in [3.05, 3.63) is 38.3 Å². The van der Waals surface area contributed by atoms with Crippen molar-refractivity contribution in [2.24, 2.45) is 0 Å². The molecule has 0 heterocycles. The van der Waals surface area contributed by atoms with Crippen LogP contribution in [0.2, 0.25) is 0 Å². The van der Waals surface area contributed by atoms with Crippen LogP contribution >= 0.6 is 15.9 Å². The zero-order valence-electron chi connectivity index (χ0n) is 9.98. The van der Waals surface area contributed by atoms with Gasteiger partial charge in [0.15, 0.2) is 0 Å². The van der Waals surface area contributed by atoms with Gasteiger partial charge in [-0.1, -0.05) is 19.4 Å². The molecule has 0 saturated heterocycles. The van der Waals surface area contributed by atoms with Gasteiger partial charge >= 0.3 is 0 Å². The van der Waals surface area contributed by atoms with Gasteiger partial charge < -0.3 is 4.74 Å². The first kappa shape index (κ1) is 14.1. The summed E-state index contributed by atoms with van der Waals surface area (Å²) in [6.45, 7) is 4.52. The highest BCUT2D eigenvalue weighted by Gasteiger charge is 2.12. The maximum absolute atomic E-state index is 10.7. The van der Waals surface area contributed by atoms with E-state index in [2.05, 4.69) is 22.9 Å². The number of nitro groups is 1. The highest BCUT2D eigenvalue weighted by atomic mass is 79.9. The van der Waals surface area contributed by atoms with Gasteiger partial charge in [0.1, 0.15) is 0 Å². The number of rotatable bonds is 6. The van der Waals surface area contributed by atoms with E-state index in [4.69, 9.17) is 4.74 Å². The number of hydrogen-bond acceptors (Lipinski definition) is 3. The summed E-state index contributed by atoms with van der Waals surface area (Å²) in [5.41, 5.74) is 0.900. The van der Waals surface area contributed by atoms with E-state index >= 15 is 0 Å². The first-order valence-corrected chi connectivity index (χ1v) is 6.38. The summed E-state index contributed by atoms with van der Waals surface area (Å²) < 4.78 is 6.10. The van der Waals surface area contributed by atoms with E-state index in [0.29, 0.717) is 11.1 Å². The zero-order valence-corrected chi connectivity index (χ0v) is 11.6. The molecule has 0 fully saturated rings. The quantitative estimate of drug-likeness (QED) is 0.588. The van der Waals surface area contributed by atoms with Crippen LogP contribution in [-0.2, 0) is 11.3 Å². The number of nitrogens with zero attached hydrogens (tertiary/aromatic N) is 1. The van der Waals surface area contributed by atoms with Gasteiger partial charge in [0.05, 0.1) is 22.1 Å². The first-order valence-electron chi connectivity index (χ1n) is 5.59. The van der Waals surface area contributed by atoms with Crippen LogP contribution < -0.4 is 0 Å². The molecule has 17 heavy (non-hydrogen) atoms. The molecule has 0 aromatic heterocycles. The van der Waals surface area contributed by atoms with Crippen molar-refractivity contribution in [2.45, 2.75) is 39.4 Å². The molecule has 0 radical (unpaired) electrons. The molecule has 94 valence electrons. The van der Waals surface area contributed by atoms with Crippen molar-refractivity contribution in [1.29, 1.82) is 0 Å². The molecule has 0 bridgehead atoms. The topological polar surface area (TPSA) is 52.4 Å². The molecule has 1 aromatic rings. The zero-order chi connectivity index (χ0) is 12.8. The molecule has 0 aliphatic carbocycles. The van der Waals surface area contributed by atoms with E-state index in [9.17, 15) is 10.1 Å². The molecule has 0 aliphatic rings. The minimum Gasteiger partial charge on any atom is -0.374 e. The van der Waals surface area contributed by atoms with Gasteiger partial charge in [-0.15, -0.1) is 0 Å². The van der Waals surface area contributed by atoms with E-state index in [1.165, 1.54) is 0 Å². The fourth-order valence-corrected chi connectivity index (χ4v) is 1.91. The minimum atomic E-state index is -0.400. The van der Waals surface area contributed by atoms with Crippen LogP contribution in [0.4, 0.5) is 5.69 Å². The first-order chi connectivity index (χ1) is 8.04. The highest BCUT2D eigenvalue weighted by molar-refractivity contribution is 9.10. The molecule has 1 rings (SSSR count). The van der Waals surface area contributed by atoms with Crippen molar-refractivity contribution >= 4 is 21.6 Å². The van der Waals surface area contributed by atoms with E-state index in [1.807, 2.05) is 13.0 Å². The third-order valence-corrected chi connectivity index (χ3v) is 3.11. The average Bonchev–Trinajstić information content (AvgIpc) is 2.28. The molecule has 0 N–H and O–H groups in total. The predicted molar refractivity (Wildman–Crippen MR) is 70.0 cm³/mol. The molecule has 0 aliphatic heterocycles. The number of ether oxygens (including phenoxy) is 1. The average molecular weight is 302 g/mol. The molecule has 0 spiro atoms. The number of halogens is 1. The van der Waals surface area contributed by atoms with Gasteiger partial charge in [0.25, 0.3) is 5.69 Å². The largest absolute Gasteiger partial charge is 0.374 e. The number of hydrogen-bond donors (Lipinski definition) is 0. The molecule has 1 aromatic carbocycles.